The molecular formula is C32H32N4O4. The Morgan fingerprint density at radius 1 is 0.950 bits per heavy atom. The summed E-state index contributed by atoms with van der Waals surface area (Å²) < 4.78 is 13.9. The minimum atomic E-state index is -0.302. The minimum absolute atomic E-state index is 0.0273. The van der Waals surface area contributed by atoms with Gasteiger partial charge in [-0.1, -0.05) is 30.3 Å². The van der Waals surface area contributed by atoms with Crippen molar-refractivity contribution in [2.45, 2.75) is 31.7 Å². The fraction of sp³-hybridized carbons (Fsp3) is 0.281. The summed E-state index contributed by atoms with van der Waals surface area (Å²) >= 11 is 0. The zero-order valence-corrected chi connectivity index (χ0v) is 22.5. The second-order valence-electron chi connectivity index (χ2n) is 10.3. The number of hydrogen-bond donors (Lipinski definition) is 1. The van der Waals surface area contributed by atoms with Gasteiger partial charge in [-0.05, 0) is 84.0 Å². The van der Waals surface area contributed by atoms with Crippen molar-refractivity contribution in [1.29, 1.82) is 0 Å². The fourth-order valence-electron chi connectivity index (χ4n) is 5.39. The van der Waals surface area contributed by atoms with Gasteiger partial charge in [-0.2, -0.15) is 5.10 Å². The molecule has 8 nitrogen and oxygen atoms in total. The number of ether oxygens (including phenoxy) is 2. The van der Waals surface area contributed by atoms with E-state index in [4.69, 9.17) is 9.47 Å². The highest BCUT2D eigenvalue weighted by Crippen LogP contribution is 2.39. The Hall–Kier alpha value is -4.59. The first-order chi connectivity index (χ1) is 19.5. The van der Waals surface area contributed by atoms with Crippen molar-refractivity contribution in [2.75, 3.05) is 19.7 Å². The van der Waals surface area contributed by atoms with Crippen LogP contribution in [-0.4, -0.2) is 46.2 Å². The molecule has 8 bridgehead atoms. The molecule has 0 spiro atoms. The molecule has 6 heterocycles. The molecule has 0 aliphatic carbocycles. The normalized spacial score (nSPS) is 17.4. The van der Waals surface area contributed by atoms with Gasteiger partial charge in [0.15, 0.2) is 0 Å². The Morgan fingerprint density at radius 2 is 1.80 bits per heavy atom. The average molecular weight is 537 g/mol. The highest BCUT2D eigenvalue weighted by atomic mass is 16.5. The van der Waals surface area contributed by atoms with Crippen molar-refractivity contribution in [3.63, 3.8) is 0 Å². The summed E-state index contributed by atoms with van der Waals surface area (Å²) in [7, 11) is 1.81. The van der Waals surface area contributed by atoms with Gasteiger partial charge in [-0.15, -0.1) is 0 Å². The van der Waals surface area contributed by atoms with Gasteiger partial charge < -0.3 is 19.7 Å². The maximum Gasteiger partial charge on any atom is 0.275 e. The summed E-state index contributed by atoms with van der Waals surface area (Å²) in [6.45, 7) is 1.58. The number of rotatable bonds is 1. The highest BCUT2D eigenvalue weighted by molar-refractivity contribution is 5.93. The van der Waals surface area contributed by atoms with Gasteiger partial charge in [0.2, 0.25) is 5.91 Å². The van der Waals surface area contributed by atoms with Crippen LogP contribution >= 0.6 is 0 Å². The van der Waals surface area contributed by atoms with Gasteiger partial charge in [0.1, 0.15) is 22.9 Å². The Labute approximate surface area is 233 Å². The third-order valence-corrected chi connectivity index (χ3v) is 7.42. The number of carbonyl (C=O) groups is 2. The quantitative estimate of drug-likeness (QED) is 0.377. The highest BCUT2D eigenvalue weighted by Gasteiger charge is 2.34. The lowest BCUT2D eigenvalue weighted by Gasteiger charge is -2.37. The lowest BCUT2D eigenvalue weighted by Crippen LogP contribution is -2.40. The van der Waals surface area contributed by atoms with Crippen molar-refractivity contribution in [3.05, 3.63) is 107 Å². The summed E-state index contributed by atoms with van der Waals surface area (Å²) in [6.07, 6.45) is 4.29. The van der Waals surface area contributed by atoms with Crippen molar-refractivity contribution in [1.82, 2.24) is 20.0 Å². The number of aromatic nitrogens is 2. The Bertz CT molecular complexity index is 1530. The van der Waals surface area contributed by atoms with Crippen LogP contribution in [0.3, 0.4) is 0 Å². The van der Waals surface area contributed by atoms with Gasteiger partial charge in [-0.3, -0.25) is 14.3 Å². The van der Waals surface area contributed by atoms with Gasteiger partial charge in [0, 0.05) is 32.8 Å². The number of benzene rings is 3. The first-order valence-electron chi connectivity index (χ1n) is 13.7. The van der Waals surface area contributed by atoms with Crippen molar-refractivity contribution >= 4 is 11.8 Å². The second kappa shape index (κ2) is 11.3. The average Bonchev–Trinajstić information content (AvgIpc) is 3.41. The van der Waals surface area contributed by atoms with Gasteiger partial charge in [0.25, 0.3) is 5.91 Å². The zero-order valence-electron chi connectivity index (χ0n) is 22.5. The Balaban J connectivity index is 1.37. The molecule has 0 fully saturated rings. The summed E-state index contributed by atoms with van der Waals surface area (Å²) in [5.74, 6) is 2.14. The number of amides is 2. The second-order valence-corrected chi connectivity index (χ2v) is 10.3. The van der Waals surface area contributed by atoms with Crippen LogP contribution in [0.4, 0.5) is 0 Å². The summed E-state index contributed by atoms with van der Waals surface area (Å²) in [5, 5.41) is 7.36. The Morgan fingerprint density at radius 3 is 2.62 bits per heavy atom. The third kappa shape index (κ3) is 5.57. The van der Waals surface area contributed by atoms with E-state index in [1.807, 2.05) is 66.5 Å². The van der Waals surface area contributed by atoms with Crippen LogP contribution in [0.25, 0.3) is 0 Å². The third-order valence-electron chi connectivity index (χ3n) is 7.42. The van der Waals surface area contributed by atoms with Crippen LogP contribution in [0.15, 0.2) is 79.0 Å². The minimum Gasteiger partial charge on any atom is -0.494 e. The molecule has 1 N–H and O–H groups in total. The standard InChI is InChI=1S/C32H32N4O4/c1-35-17-15-29(34-35)32(38)36-18-14-23-20-27-11-12-28(23)31(36)24-4-2-5-26(21-24)39-19-3-16-33-30(37)13-8-22-6-9-25(40-27)10-7-22/h2,4-7,9-12,15,17,20-21,31H,3,8,13-14,16,18-19H2,1H3,(H,33,37). The van der Waals surface area contributed by atoms with Crippen molar-refractivity contribution in [2.24, 2.45) is 7.05 Å². The van der Waals surface area contributed by atoms with Crippen LogP contribution < -0.4 is 14.8 Å². The van der Waals surface area contributed by atoms with Crippen LogP contribution in [-0.2, 0) is 24.7 Å². The molecule has 3 aromatic carbocycles. The first-order valence-corrected chi connectivity index (χ1v) is 13.7. The van der Waals surface area contributed by atoms with E-state index in [9.17, 15) is 9.59 Å². The van der Waals surface area contributed by atoms with Gasteiger partial charge in [-0.25, -0.2) is 0 Å². The van der Waals surface area contributed by atoms with Crippen LogP contribution in [0, 0.1) is 0 Å². The molecule has 204 valence electrons. The van der Waals surface area contributed by atoms with E-state index in [1.165, 1.54) is 0 Å². The molecule has 0 saturated carbocycles. The van der Waals surface area contributed by atoms with E-state index in [-0.39, 0.29) is 17.9 Å². The van der Waals surface area contributed by atoms with E-state index in [2.05, 4.69) is 22.5 Å². The topological polar surface area (TPSA) is 85.7 Å². The molecule has 1 atom stereocenters. The van der Waals surface area contributed by atoms with E-state index >= 15 is 0 Å². The largest absolute Gasteiger partial charge is 0.494 e. The predicted octanol–water partition coefficient (Wildman–Crippen LogP) is 4.83. The maximum atomic E-state index is 13.7. The summed E-state index contributed by atoms with van der Waals surface area (Å²) in [6, 6.07) is 23.4. The number of aryl methyl sites for hydroxylation is 2. The van der Waals surface area contributed by atoms with Crippen molar-refractivity contribution < 1.29 is 19.1 Å². The van der Waals surface area contributed by atoms with Crippen LogP contribution in [0.2, 0.25) is 0 Å². The number of nitrogens with zero attached hydrogens (tertiary/aromatic N) is 3. The van der Waals surface area contributed by atoms with Crippen molar-refractivity contribution in [3.8, 4) is 17.2 Å². The monoisotopic (exact) mass is 536 g/mol. The molecule has 0 radical (unpaired) electrons. The molecule has 1 aromatic heterocycles. The molecule has 5 aliphatic heterocycles. The summed E-state index contributed by atoms with van der Waals surface area (Å²) in [5.41, 5.74) is 4.68. The molecule has 9 rings (SSSR count). The number of nitrogens with one attached hydrogen (secondary N) is 1. The molecule has 2 amide bonds. The lowest BCUT2D eigenvalue weighted by molar-refractivity contribution is -0.121. The molecule has 5 aliphatic rings. The maximum absolute atomic E-state index is 13.7. The molecule has 1 unspecified atom stereocenters. The number of hydrogen-bond acceptors (Lipinski definition) is 5. The zero-order chi connectivity index (χ0) is 27.5. The predicted molar refractivity (Wildman–Crippen MR) is 151 cm³/mol. The smallest absolute Gasteiger partial charge is 0.275 e. The summed E-state index contributed by atoms with van der Waals surface area (Å²) in [4.78, 5) is 27.9. The molecule has 0 saturated heterocycles. The van der Waals surface area contributed by atoms with E-state index in [0.29, 0.717) is 51.1 Å². The van der Waals surface area contributed by atoms with Gasteiger partial charge in [0.05, 0.1) is 12.6 Å². The van der Waals surface area contributed by atoms with E-state index < -0.39 is 0 Å². The SMILES string of the molecule is Cn1ccc(C(=O)N2CCc3cc4ccc3C2c2cccc(c2)OCCCNC(=O)CCc2ccc(cc2)O4)n1. The van der Waals surface area contributed by atoms with E-state index in [0.717, 1.165) is 39.5 Å². The molecular weight excluding hydrogens is 504 g/mol. The number of carbonyl (C=O) groups excluding carboxylic acids is 2. The Kier molecular flexibility index (Phi) is 7.23. The van der Waals surface area contributed by atoms with Gasteiger partial charge >= 0.3 is 0 Å². The molecule has 4 aromatic rings. The van der Waals surface area contributed by atoms with Crippen LogP contribution in [0.5, 0.6) is 17.2 Å². The lowest BCUT2D eigenvalue weighted by atomic mass is 9.87. The molecule has 40 heavy (non-hydrogen) atoms. The molecule has 8 heteroatoms. The fourth-order valence-corrected chi connectivity index (χ4v) is 5.39. The van der Waals surface area contributed by atoms with Crippen LogP contribution in [0.1, 0.15) is 51.6 Å². The first kappa shape index (κ1) is 25.7. The van der Waals surface area contributed by atoms with E-state index in [1.54, 1.807) is 16.9 Å².